The number of esters is 1. The van der Waals surface area contributed by atoms with Gasteiger partial charge in [0.2, 0.25) is 0 Å². The molecule has 1 aliphatic carbocycles. The van der Waals surface area contributed by atoms with E-state index in [0.717, 1.165) is 18.0 Å². The van der Waals surface area contributed by atoms with Crippen molar-refractivity contribution in [1.29, 1.82) is 0 Å². The molecule has 0 N–H and O–H groups in total. The standard InChI is InChI=1S/C16H22O2Si/c1-19(2,3)10-9-18-16(17)12-13-7-8-14-5-4-6-15(14)11-13/h4-5,7-8,11H,6,9-10,12H2,1-3H3. The quantitative estimate of drug-likeness (QED) is 0.605. The first-order valence-corrected chi connectivity index (χ1v) is 10.6. The van der Waals surface area contributed by atoms with Crippen molar-refractivity contribution in [3.63, 3.8) is 0 Å². The Labute approximate surface area is 116 Å². The van der Waals surface area contributed by atoms with Crippen LogP contribution in [-0.4, -0.2) is 20.7 Å². The zero-order chi connectivity index (χ0) is 13.9. The molecule has 0 radical (unpaired) electrons. The molecular weight excluding hydrogens is 252 g/mol. The van der Waals surface area contributed by atoms with E-state index >= 15 is 0 Å². The minimum atomic E-state index is -1.12. The second kappa shape index (κ2) is 5.74. The SMILES string of the molecule is C[Si](C)(C)CCOC(=O)Cc1ccc2c(c1)CC=C2. The van der Waals surface area contributed by atoms with E-state index in [1.54, 1.807) is 0 Å². The van der Waals surface area contributed by atoms with Crippen LogP contribution in [0.4, 0.5) is 0 Å². The molecule has 0 aliphatic heterocycles. The molecule has 0 atom stereocenters. The molecule has 0 fully saturated rings. The molecule has 0 saturated heterocycles. The largest absolute Gasteiger partial charge is 0.466 e. The number of allylic oxidation sites excluding steroid dienone is 1. The van der Waals surface area contributed by atoms with Crippen molar-refractivity contribution in [3.8, 4) is 0 Å². The summed E-state index contributed by atoms with van der Waals surface area (Å²) < 4.78 is 5.32. The van der Waals surface area contributed by atoms with Gasteiger partial charge in [-0.25, -0.2) is 0 Å². The lowest BCUT2D eigenvalue weighted by molar-refractivity contribution is -0.142. The van der Waals surface area contributed by atoms with Crippen molar-refractivity contribution in [2.75, 3.05) is 6.61 Å². The van der Waals surface area contributed by atoms with Gasteiger partial charge in [-0.3, -0.25) is 4.79 Å². The molecule has 1 aliphatic rings. The number of ether oxygens (including phenoxy) is 1. The molecule has 2 nitrogen and oxygen atoms in total. The lowest BCUT2D eigenvalue weighted by Gasteiger charge is -2.15. The first-order chi connectivity index (χ1) is 8.94. The van der Waals surface area contributed by atoms with Gasteiger partial charge in [-0.05, 0) is 29.2 Å². The molecule has 2 rings (SSSR count). The summed E-state index contributed by atoms with van der Waals surface area (Å²) >= 11 is 0. The van der Waals surface area contributed by atoms with Crippen molar-refractivity contribution in [3.05, 3.63) is 41.0 Å². The summed E-state index contributed by atoms with van der Waals surface area (Å²) in [5.74, 6) is -0.107. The van der Waals surface area contributed by atoms with Crippen LogP contribution >= 0.6 is 0 Å². The highest BCUT2D eigenvalue weighted by molar-refractivity contribution is 6.76. The highest BCUT2D eigenvalue weighted by Gasteiger charge is 2.14. The topological polar surface area (TPSA) is 26.3 Å². The third kappa shape index (κ3) is 4.35. The summed E-state index contributed by atoms with van der Waals surface area (Å²) in [4.78, 5) is 11.8. The van der Waals surface area contributed by atoms with E-state index in [0.29, 0.717) is 13.0 Å². The first kappa shape index (κ1) is 14.1. The van der Waals surface area contributed by atoms with Crippen LogP contribution < -0.4 is 0 Å². The summed E-state index contributed by atoms with van der Waals surface area (Å²) in [7, 11) is -1.12. The Bertz CT molecular complexity index is 498. The van der Waals surface area contributed by atoms with Crippen LogP contribution in [0.25, 0.3) is 6.08 Å². The number of fused-ring (bicyclic) bond motifs is 1. The summed E-state index contributed by atoms with van der Waals surface area (Å²) in [6, 6.07) is 7.26. The zero-order valence-corrected chi connectivity index (χ0v) is 13.0. The normalized spacial score (nSPS) is 13.4. The fourth-order valence-corrected chi connectivity index (χ4v) is 2.82. The lowest BCUT2D eigenvalue weighted by Crippen LogP contribution is -2.23. The number of hydrogen-bond donors (Lipinski definition) is 0. The van der Waals surface area contributed by atoms with E-state index in [1.807, 2.05) is 6.07 Å². The number of benzene rings is 1. The van der Waals surface area contributed by atoms with Gasteiger partial charge in [-0.15, -0.1) is 0 Å². The third-order valence-corrected chi connectivity index (χ3v) is 5.01. The molecule has 102 valence electrons. The van der Waals surface area contributed by atoms with Crippen molar-refractivity contribution in [2.24, 2.45) is 0 Å². The van der Waals surface area contributed by atoms with Crippen LogP contribution in [0.2, 0.25) is 25.7 Å². The Morgan fingerprint density at radius 3 is 2.84 bits per heavy atom. The van der Waals surface area contributed by atoms with Gasteiger partial charge in [0.15, 0.2) is 0 Å². The van der Waals surface area contributed by atoms with E-state index in [1.165, 1.54) is 11.1 Å². The Morgan fingerprint density at radius 1 is 1.32 bits per heavy atom. The number of carbonyl (C=O) groups excluding carboxylic acids is 1. The minimum Gasteiger partial charge on any atom is -0.466 e. The van der Waals surface area contributed by atoms with E-state index in [4.69, 9.17) is 4.74 Å². The van der Waals surface area contributed by atoms with Gasteiger partial charge in [-0.1, -0.05) is 50.0 Å². The van der Waals surface area contributed by atoms with Gasteiger partial charge in [0, 0.05) is 8.07 Å². The van der Waals surface area contributed by atoms with E-state index in [2.05, 4.69) is 43.9 Å². The molecule has 0 aromatic heterocycles. The highest BCUT2D eigenvalue weighted by Crippen LogP contribution is 2.21. The molecule has 0 saturated carbocycles. The summed E-state index contributed by atoms with van der Waals surface area (Å²) in [6.07, 6.45) is 5.65. The maximum absolute atomic E-state index is 11.8. The fraction of sp³-hybridized carbons (Fsp3) is 0.438. The second-order valence-electron chi connectivity index (χ2n) is 6.35. The van der Waals surface area contributed by atoms with E-state index in [-0.39, 0.29) is 5.97 Å². The smallest absolute Gasteiger partial charge is 0.310 e. The van der Waals surface area contributed by atoms with Crippen molar-refractivity contribution in [2.45, 2.75) is 38.5 Å². The summed E-state index contributed by atoms with van der Waals surface area (Å²) in [6.45, 7) is 7.43. The predicted molar refractivity (Wildman–Crippen MR) is 82.0 cm³/mol. The van der Waals surface area contributed by atoms with Crippen LogP contribution in [0.3, 0.4) is 0 Å². The predicted octanol–water partition coefficient (Wildman–Crippen LogP) is 3.68. The molecule has 0 amide bonds. The zero-order valence-electron chi connectivity index (χ0n) is 12.0. The molecule has 0 unspecified atom stereocenters. The van der Waals surface area contributed by atoms with Gasteiger partial charge in [-0.2, -0.15) is 0 Å². The van der Waals surface area contributed by atoms with Crippen molar-refractivity contribution < 1.29 is 9.53 Å². The maximum atomic E-state index is 11.8. The average molecular weight is 274 g/mol. The van der Waals surface area contributed by atoms with Gasteiger partial charge in [0.1, 0.15) is 0 Å². The minimum absolute atomic E-state index is 0.107. The number of rotatable bonds is 5. The molecule has 3 heteroatoms. The molecule has 1 aromatic rings. The Morgan fingerprint density at radius 2 is 2.11 bits per heavy atom. The highest BCUT2D eigenvalue weighted by atomic mass is 28.3. The van der Waals surface area contributed by atoms with E-state index in [9.17, 15) is 4.79 Å². The molecule has 1 aromatic carbocycles. The van der Waals surface area contributed by atoms with Crippen molar-refractivity contribution in [1.82, 2.24) is 0 Å². The fourth-order valence-electron chi connectivity index (χ4n) is 2.11. The number of hydrogen-bond acceptors (Lipinski definition) is 2. The first-order valence-electron chi connectivity index (χ1n) is 6.88. The third-order valence-electron chi connectivity index (χ3n) is 3.31. The Balaban J connectivity index is 1.83. The Hall–Kier alpha value is -1.35. The van der Waals surface area contributed by atoms with Crippen LogP contribution in [-0.2, 0) is 22.4 Å². The summed E-state index contributed by atoms with van der Waals surface area (Å²) in [5, 5.41) is 0. The monoisotopic (exact) mass is 274 g/mol. The molecule has 0 spiro atoms. The van der Waals surface area contributed by atoms with Gasteiger partial charge < -0.3 is 4.74 Å². The van der Waals surface area contributed by atoms with Crippen LogP contribution in [0, 0.1) is 0 Å². The molecule has 0 heterocycles. The van der Waals surface area contributed by atoms with Crippen LogP contribution in [0.5, 0.6) is 0 Å². The van der Waals surface area contributed by atoms with Crippen LogP contribution in [0.1, 0.15) is 16.7 Å². The summed E-state index contributed by atoms with van der Waals surface area (Å²) in [5.41, 5.74) is 3.64. The maximum Gasteiger partial charge on any atom is 0.310 e. The van der Waals surface area contributed by atoms with Gasteiger partial charge in [0.25, 0.3) is 0 Å². The molecule has 0 bridgehead atoms. The molecule has 19 heavy (non-hydrogen) atoms. The van der Waals surface area contributed by atoms with Gasteiger partial charge in [0.05, 0.1) is 13.0 Å². The van der Waals surface area contributed by atoms with E-state index < -0.39 is 8.07 Å². The molecular formula is C16H22O2Si. The average Bonchev–Trinajstić information content (AvgIpc) is 2.74. The van der Waals surface area contributed by atoms with Crippen molar-refractivity contribution >= 4 is 20.1 Å². The van der Waals surface area contributed by atoms with Gasteiger partial charge >= 0.3 is 5.97 Å². The number of carbonyl (C=O) groups is 1. The second-order valence-corrected chi connectivity index (χ2v) is 12.0. The Kier molecular flexibility index (Phi) is 4.25. The lowest BCUT2D eigenvalue weighted by atomic mass is 10.0. The van der Waals surface area contributed by atoms with Crippen LogP contribution in [0.15, 0.2) is 24.3 Å².